The van der Waals surface area contributed by atoms with Crippen molar-refractivity contribution in [2.24, 2.45) is 0 Å². The maximum absolute atomic E-state index is 12.7. The number of hydrogen-bond donors (Lipinski definition) is 0. The summed E-state index contributed by atoms with van der Waals surface area (Å²) in [5.41, 5.74) is -0.162. The Kier molecular flexibility index (Phi) is 4.85. The van der Waals surface area contributed by atoms with Crippen molar-refractivity contribution in [3.05, 3.63) is 59.8 Å². The molecule has 1 aliphatic carbocycles. The monoisotopic (exact) mass is 405 g/mol. The van der Waals surface area contributed by atoms with E-state index in [4.69, 9.17) is 4.74 Å². The number of pyridine rings is 1. The van der Waals surface area contributed by atoms with Gasteiger partial charge in [0.15, 0.2) is 5.82 Å². The van der Waals surface area contributed by atoms with Crippen LogP contribution in [0.5, 0.6) is 0 Å². The van der Waals surface area contributed by atoms with Gasteiger partial charge in [-0.25, -0.2) is 14.5 Å². The largest absolute Gasteiger partial charge is 0.456 e. The summed E-state index contributed by atoms with van der Waals surface area (Å²) in [5, 5.41) is 8.33. The summed E-state index contributed by atoms with van der Waals surface area (Å²) in [7, 11) is 0. The number of esters is 1. The molecule has 0 spiro atoms. The Bertz CT molecular complexity index is 996. The summed E-state index contributed by atoms with van der Waals surface area (Å²) in [5.74, 6) is -0.338. The molecule has 1 fully saturated rings. The molecule has 0 amide bonds. The summed E-state index contributed by atoms with van der Waals surface area (Å²) in [6, 6.07) is 3.95. The van der Waals surface area contributed by atoms with Crippen molar-refractivity contribution >= 4 is 5.97 Å². The fourth-order valence-corrected chi connectivity index (χ4v) is 3.54. The molecule has 0 aliphatic heterocycles. The lowest BCUT2D eigenvalue weighted by atomic mass is 10.2. The molecule has 1 aliphatic rings. The molecule has 2 atom stereocenters. The van der Waals surface area contributed by atoms with Gasteiger partial charge in [0.25, 0.3) is 0 Å². The van der Waals surface area contributed by atoms with Gasteiger partial charge in [-0.05, 0) is 44.4 Å². The third kappa shape index (κ3) is 3.74. The number of hydrogen-bond acceptors (Lipinski definition) is 5. The molecular formula is C19H18F3N5O2. The average Bonchev–Trinajstić information content (AvgIpc) is 3.41. The molecule has 152 valence electrons. The van der Waals surface area contributed by atoms with Crippen molar-refractivity contribution in [1.29, 1.82) is 0 Å². The fraction of sp³-hybridized carbons (Fsp3) is 0.368. The molecule has 0 aromatic carbocycles. The molecule has 10 heteroatoms. The van der Waals surface area contributed by atoms with Gasteiger partial charge in [0, 0.05) is 18.6 Å². The first-order chi connectivity index (χ1) is 13.8. The van der Waals surface area contributed by atoms with E-state index >= 15 is 0 Å². The van der Waals surface area contributed by atoms with E-state index in [1.165, 1.54) is 16.9 Å². The summed E-state index contributed by atoms with van der Waals surface area (Å²) >= 11 is 0. The van der Waals surface area contributed by atoms with E-state index in [-0.39, 0.29) is 23.5 Å². The Balaban J connectivity index is 1.51. The number of halogens is 3. The van der Waals surface area contributed by atoms with Crippen LogP contribution in [0.3, 0.4) is 0 Å². The molecule has 1 saturated carbocycles. The predicted molar refractivity (Wildman–Crippen MR) is 95.4 cm³/mol. The molecule has 4 rings (SSSR count). The van der Waals surface area contributed by atoms with Crippen molar-refractivity contribution in [2.45, 2.75) is 44.5 Å². The Labute approximate surface area is 164 Å². The molecular weight excluding hydrogens is 387 g/mol. The summed E-state index contributed by atoms with van der Waals surface area (Å²) < 4.78 is 46.9. The molecule has 0 N–H and O–H groups in total. The van der Waals surface area contributed by atoms with Gasteiger partial charge in [-0.3, -0.25) is 4.68 Å². The standard InChI is InChI=1S/C19H18F3N5O2/c1-12-14(11-25-27(12)17-7-6-13(10-23-17)19(20,21)22)18(28)29-16-5-2-4-15(16)26-9-3-8-24-26/h3,6-11,15-16H,2,4-5H2,1H3/t15-,16-/m1/s1. The van der Waals surface area contributed by atoms with Gasteiger partial charge in [0.1, 0.15) is 11.7 Å². The van der Waals surface area contributed by atoms with Gasteiger partial charge >= 0.3 is 12.1 Å². The van der Waals surface area contributed by atoms with Crippen molar-refractivity contribution in [3.63, 3.8) is 0 Å². The number of alkyl halides is 3. The number of aromatic nitrogens is 5. The maximum Gasteiger partial charge on any atom is 0.417 e. The second-order valence-corrected chi connectivity index (χ2v) is 6.89. The molecule has 0 unspecified atom stereocenters. The molecule has 29 heavy (non-hydrogen) atoms. The first-order valence-electron chi connectivity index (χ1n) is 9.13. The van der Waals surface area contributed by atoms with Crippen LogP contribution in [-0.4, -0.2) is 36.6 Å². The van der Waals surface area contributed by atoms with Crippen LogP contribution in [0.4, 0.5) is 13.2 Å². The van der Waals surface area contributed by atoms with Crippen LogP contribution < -0.4 is 0 Å². The van der Waals surface area contributed by atoms with E-state index in [2.05, 4.69) is 15.2 Å². The summed E-state index contributed by atoms with van der Waals surface area (Å²) in [4.78, 5) is 16.5. The second-order valence-electron chi connectivity index (χ2n) is 6.89. The normalized spacial score (nSPS) is 19.4. The minimum absolute atomic E-state index is 0.0131. The van der Waals surface area contributed by atoms with Crippen LogP contribution in [0.1, 0.15) is 46.9 Å². The van der Waals surface area contributed by atoms with Gasteiger partial charge in [0.05, 0.1) is 23.5 Å². The highest BCUT2D eigenvalue weighted by Gasteiger charge is 2.33. The van der Waals surface area contributed by atoms with Gasteiger partial charge in [-0.15, -0.1) is 0 Å². The van der Waals surface area contributed by atoms with Crippen LogP contribution in [0.15, 0.2) is 43.0 Å². The highest BCUT2D eigenvalue weighted by Crippen LogP contribution is 2.33. The number of carbonyl (C=O) groups excluding carboxylic acids is 1. The van der Waals surface area contributed by atoms with Gasteiger partial charge in [-0.2, -0.15) is 23.4 Å². The van der Waals surface area contributed by atoms with E-state index in [0.29, 0.717) is 5.69 Å². The van der Waals surface area contributed by atoms with Crippen LogP contribution in [0.25, 0.3) is 5.82 Å². The Hall–Kier alpha value is -3.17. The van der Waals surface area contributed by atoms with Crippen LogP contribution in [-0.2, 0) is 10.9 Å². The SMILES string of the molecule is Cc1c(C(=O)O[C@@H]2CCC[C@H]2n2cccn2)cnn1-c1ccc(C(F)(F)F)cn1. The first kappa shape index (κ1) is 19.2. The molecule has 7 nitrogen and oxygen atoms in total. The third-order valence-electron chi connectivity index (χ3n) is 5.06. The lowest BCUT2D eigenvalue weighted by Crippen LogP contribution is -2.25. The van der Waals surface area contributed by atoms with E-state index in [9.17, 15) is 18.0 Å². The predicted octanol–water partition coefficient (Wildman–Crippen LogP) is 3.74. The quantitative estimate of drug-likeness (QED) is 0.618. The van der Waals surface area contributed by atoms with Gasteiger partial charge in [-0.1, -0.05) is 0 Å². The molecule has 3 aromatic heterocycles. The first-order valence-corrected chi connectivity index (χ1v) is 9.13. The summed E-state index contributed by atoms with van der Waals surface area (Å²) in [6.45, 7) is 1.64. The number of nitrogens with zero attached hydrogens (tertiary/aromatic N) is 5. The van der Waals surface area contributed by atoms with Gasteiger partial charge < -0.3 is 4.74 Å². The van der Waals surface area contributed by atoms with E-state index in [1.54, 1.807) is 17.8 Å². The van der Waals surface area contributed by atoms with Crippen molar-refractivity contribution in [1.82, 2.24) is 24.5 Å². The van der Waals surface area contributed by atoms with Crippen LogP contribution >= 0.6 is 0 Å². The van der Waals surface area contributed by atoms with E-state index < -0.39 is 17.7 Å². The topological polar surface area (TPSA) is 74.8 Å². The molecule has 0 bridgehead atoms. The van der Waals surface area contributed by atoms with Crippen molar-refractivity contribution in [2.75, 3.05) is 0 Å². The highest BCUT2D eigenvalue weighted by atomic mass is 19.4. The number of carbonyl (C=O) groups is 1. The number of ether oxygens (including phenoxy) is 1. The Morgan fingerprint density at radius 3 is 2.69 bits per heavy atom. The lowest BCUT2D eigenvalue weighted by molar-refractivity contribution is -0.137. The molecule has 3 heterocycles. The zero-order valence-corrected chi connectivity index (χ0v) is 15.5. The highest BCUT2D eigenvalue weighted by molar-refractivity contribution is 5.90. The molecule has 0 saturated heterocycles. The smallest absolute Gasteiger partial charge is 0.417 e. The zero-order chi connectivity index (χ0) is 20.6. The second kappa shape index (κ2) is 7.34. The average molecular weight is 405 g/mol. The van der Waals surface area contributed by atoms with E-state index in [1.807, 2.05) is 12.3 Å². The molecule has 0 radical (unpaired) electrons. The number of rotatable bonds is 4. The third-order valence-corrected chi connectivity index (χ3v) is 5.06. The van der Waals surface area contributed by atoms with Crippen LogP contribution in [0, 0.1) is 6.92 Å². The lowest BCUT2D eigenvalue weighted by Gasteiger charge is -2.20. The maximum atomic E-state index is 12.7. The van der Waals surface area contributed by atoms with Crippen LogP contribution in [0.2, 0.25) is 0 Å². The van der Waals surface area contributed by atoms with Gasteiger partial charge in [0.2, 0.25) is 0 Å². The summed E-state index contributed by atoms with van der Waals surface area (Å²) in [6.07, 6.45) is 3.38. The van der Waals surface area contributed by atoms with E-state index in [0.717, 1.165) is 31.5 Å². The fourth-order valence-electron chi connectivity index (χ4n) is 3.54. The zero-order valence-electron chi connectivity index (χ0n) is 15.5. The Morgan fingerprint density at radius 2 is 2.03 bits per heavy atom. The molecule has 3 aromatic rings. The van der Waals surface area contributed by atoms with Crippen molar-refractivity contribution in [3.8, 4) is 5.82 Å². The van der Waals surface area contributed by atoms with Crippen molar-refractivity contribution < 1.29 is 22.7 Å². The minimum atomic E-state index is -4.47. The Morgan fingerprint density at radius 1 is 1.21 bits per heavy atom. The minimum Gasteiger partial charge on any atom is -0.456 e.